The van der Waals surface area contributed by atoms with Gasteiger partial charge in [0.15, 0.2) is 0 Å². The maximum absolute atomic E-state index is 12.0. The number of carbonyl (C=O) groups is 2. The molecule has 1 aromatic rings. The minimum Gasteiger partial charge on any atom is -0.350 e. The number of amides is 2. The standard InChI is InChI=1S/C15H19N3O2/c1-10(13(19)18-15(2,3)4)17-14(20)12-7-5-11(9-16)6-8-12/h5-8,10H,1-4H3,(H,17,20)(H,18,19). The highest BCUT2D eigenvalue weighted by molar-refractivity contribution is 5.97. The van der Waals surface area contributed by atoms with Gasteiger partial charge in [-0.25, -0.2) is 0 Å². The van der Waals surface area contributed by atoms with E-state index < -0.39 is 6.04 Å². The van der Waals surface area contributed by atoms with Crippen molar-refractivity contribution in [2.24, 2.45) is 0 Å². The van der Waals surface area contributed by atoms with Gasteiger partial charge in [0.05, 0.1) is 11.6 Å². The third-order valence-electron chi connectivity index (χ3n) is 2.52. The largest absolute Gasteiger partial charge is 0.350 e. The Morgan fingerprint density at radius 1 is 1.20 bits per heavy atom. The molecule has 1 aromatic carbocycles. The molecule has 0 aliphatic carbocycles. The molecule has 0 saturated heterocycles. The van der Waals surface area contributed by atoms with E-state index in [1.807, 2.05) is 26.8 Å². The number of nitrogens with zero attached hydrogens (tertiary/aromatic N) is 1. The highest BCUT2D eigenvalue weighted by atomic mass is 16.2. The maximum Gasteiger partial charge on any atom is 0.251 e. The highest BCUT2D eigenvalue weighted by Gasteiger charge is 2.21. The molecule has 0 bridgehead atoms. The highest BCUT2D eigenvalue weighted by Crippen LogP contribution is 2.04. The van der Waals surface area contributed by atoms with Gasteiger partial charge in [-0.15, -0.1) is 0 Å². The summed E-state index contributed by atoms with van der Waals surface area (Å²) < 4.78 is 0. The molecule has 1 unspecified atom stereocenters. The first-order chi connectivity index (χ1) is 9.23. The molecule has 1 rings (SSSR count). The van der Waals surface area contributed by atoms with Crippen LogP contribution in [0.15, 0.2) is 24.3 Å². The smallest absolute Gasteiger partial charge is 0.251 e. The van der Waals surface area contributed by atoms with Gasteiger partial charge in [0.2, 0.25) is 5.91 Å². The topological polar surface area (TPSA) is 82.0 Å². The fourth-order valence-corrected chi connectivity index (χ4v) is 1.52. The minimum atomic E-state index is -0.627. The summed E-state index contributed by atoms with van der Waals surface area (Å²) in [6.07, 6.45) is 0. The molecule has 0 heterocycles. The zero-order chi connectivity index (χ0) is 15.3. The molecule has 5 heteroatoms. The lowest BCUT2D eigenvalue weighted by atomic mass is 10.1. The summed E-state index contributed by atoms with van der Waals surface area (Å²) in [4.78, 5) is 23.8. The van der Waals surface area contributed by atoms with Gasteiger partial charge in [0.1, 0.15) is 6.04 Å². The molecular formula is C15H19N3O2. The van der Waals surface area contributed by atoms with E-state index in [1.165, 1.54) is 0 Å². The fraction of sp³-hybridized carbons (Fsp3) is 0.400. The first-order valence-electron chi connectivity index (χ1n) is 6.36. The van der Waals surface area contributed by atoms with Crippen molar-refractivity contribution in [1.82, 2.24) is 10.6 Å². The minimum absolute atomic E-state index is 0.237. The van der Waals surface area contributed by atoms with Crippen LogP contribution in [-0.2, 0) is 4.79 Å². The van der Waals surface area contributed by atoms with Crippen LogP contribution in [0.4, 0.5) is 0 Å². The van der Waals surface area contributed by atoms with Crippen LogP contribution in [0.5, 0.6) is 0 Å². The van der Waals surface area contributed by atoms with E-state index in [-0.39, 0.29) is 17.4 Å². The lowest BCUT2D eigenvalue weighted by Gasteiger charge is -2.23. The third-order valence-corrected chi connectivity index (χ3v) is 2.52. The van der Waals surface area contributed by atoms with Gasteiger partial charge in [0, 0.05) is 11.1 Å². The Morgan fingerprint density at radius 3 is 2.20 bits per heavy atom. The van der Waals surface area contributed by atoms with Gasteiger partial charge in [-0.05, 0) is 52.0 Å². The van der Waals surface area contributed by atoms with Crippen molar-refractivity contribution in [2.75, 3.05) is 0 Å². The van der Waals surface area contributed by atoms with Crippen molar-refractivity contribution in [2.45, 2.75) is 39.3 Å². The van der Waals surface area contributed by atoms with Crippen LogP contribution < -0.4 is 10.6 Å². The van der Waals surface area contributed by atoms with Crippen molar-refractivity contribution in [1.29, 1.82) is 5.26 Å². The van der Waals surface area contributed by atoms with Crippen molar-refractivity contribution >= 4 is 11.8 Å². The quantitative estimate of drug-likeness (QED) is 0.877. The molecular weight excluding hydrogens is 254 g/mol. The molecule has 0 fully saturated rings. The molecule has 106 valence electrons. The second-order valence-electron chi connectivity index (χ2n) is 5.62. The van der Waals surface area contributed by atoms with Gasteiger partial charge < -0.3 is 10.6 Å². The zero-order valence-electron chi connectivity index (χ0n) is 12.2. The molecule has 0 saturated carbocycles. The zero-order valence-corrected chi connectivity index (χ0v) is 12.2. The lowest BCUT2D eigenvalue weighted by Crippen LogP contribution is -2.50. The Hall–Kier alpha value is -2.35. The van der Waals surface area contributed by atoms with E-state index in [1.54, 1.807) is 31.2 Å². The van der Waals surface area contributed by atoms with Gasteiger partial charge >= 0.3 is 0 Å². The molecule has 1 atom stereocenters. The van der Waals surface area contributed by atoms with Gasteiger partial charge in [-0.3, -0.25) is 9.59 Å². The summed E-state index contributed by atoms with van der Waals surface area (Å²) in [5, 5.41) is 14.1. The Labute approximate surface area is 119 Å². The second-order valence-corrected chi connectivity index (χ2v) is 5.62. The predicted octanol–water partition coefficient (Wildman–Crippen LogP) is 1.59. The lowest BCUT2D eigenvalue weighted by molar-refractivity contribution is -0.124. The van der Waals surface area contributed by atoms with Crippen LogP contribution in [0, 0.1) is 11.3 Å². The number of nitrogens with one attached hydrogen (secondary N) is 2. The third kappa shape index (κ3) is 4.73. The molecule has 0 spiro atoms. The second kappa shape index (κ2) is 6.20. The summed E-state index contributed by atoms with van der Waals surface area (Å²) in [6, 6.07) is 7.60. The van der Waals surface area contributed by atoms with E-state index in [0.717, 1.165) is 0 Å². The first-order valence-corrected chi connectivity index (χ1v) is 6.36. The molecule has 0 aliphatic rings. The molecule has 2 amide bonds. The number of rotatable bonds is 3. The number of hydrogen-bond acceptors (Lipinski definition) is 3. The Kier molecular flexibility index (Phi) is 4.87. The normalized spacial score (nSPS) is 12.2. The fourth-order valence-electron chi connectivity index (χ4n) is 1.52. The predicted molar refractivity (Wildman–Crippen MR) is 76.0 cm³/mol. The molecule has 0 aromatic heterocycles. The van der Waals surface area contributed by atoms with Crippen LogP contribution in [0.25, 0.3) is 0 Å². The molecule has 0 radical (unpaired) electrons. The molecule has 2 N–H and O–H groups in total. The van der Waals surface area contributed by atoms with Gasteiger partial charge in [-0.1, -0.05) is 0 Å². The average molecular weight is 273 g/mol. The van der Waals surface area contributed by atoms with E-state index in [2.05, 4.69) is 10.6 Å². The Bertz CT molecular complexity index is 536. The summed E-state index contributed by atoms with van der Waals surface area (Å²) >= 11 is 0. The van der Waals surface area contributed by atoms with Crippen molar-refractivity contribution in [3.05, 3.63) is 35.4 Å². The van der Waals surface area contributed by atoms with Crippen LogP contribution in [-0.4, -0.2) is 23.4 Å². The maximum atomic E-state index is 12.0. The number of benzene rings is 1. The summed E-state index contributed by atoms with van der Waals surface area (Å²) in [7, 11) is 0. The molecule has 5 nitrogen and oxygen atoms in total. The van der Waals surface area contributed by atoms with E-state index in [4.69, 9.17) is 5.26 Å². The molecule has 20 heavy (non-hydrogen) atoms. The summed E-state index contributed by atoms with van der Waals surface area (Å²) in [6.45, 7) is 7.25. The summed E-state index contributed by atoms with van der Waals surface area (Å²) in [5.74, 6) is -0.578. The average Bonchev–Trinajstić information content (AvgIpc) is 2.36. The number of hydrogen-bond donors (Lipinski definition) is 2. The van der Waals surface area contributed by atoms with Crippen LogP contribution in [0.3, 0.4) is 0 Å². The van der Waals surface area contributed by atoms with Crippen molar-refractivity contribution in [3.63, 3.8) is 0 Å². The SMILES string of the molecule is CC(NC(=O)c1ccc(C#N)cc1)C(=O)NC(C)(C)C. The Balaban J connectivity index is 2.65. The van der Waals surface area contributed by atoms with Crippen molar-refractivity contribution in [3.8, 4) is 6.07 Å². The number of nitriles is 1. The number of carbonyl (C=O) groups excluding carboxylic acids is 2. The first kappa shape index (κ1) is 15.7. The van der Waals surface area contributed by atoms with Gasteiger partial charge in [-0.2, -0.15) is 5.26 Å². The molecule has 0 aliphatic heterocycles. The van der Waals surface area contributed by atoms with E-state index >= 15 is 0 Å². The van der Waals surface area contributed by atoms with E-state index in [0.29, 0.717) is 11.1 Å². The van der Waals surface area contributed by atoms with Crippen molar-refractivity contribution < 1.29 is 9.59 Å². The van der Waals surface area contributed by atoms with E-state index in [9.17, 15) is 9.59 Å². The monoisotopic (exact) mass is 273 g/mol. The Morgan fingerprint density at radius 2 is 1.75 bits per heavy atom. The summed E-state index contributed by atoms with van der Waals surface area (Å²) in [5.41, 5.74) is 0.560. The van der Waals surface area contributed by atoms with Crippen LogP contribution >= 0.6 is 0 Å². The van der Waals surface area contributed by atoms with Gasteiger partial charge in [0.25, 0.3) is 5.91 Å². The van der Waals surface area contributed by atoms with Crippen LogP contribution in [0.1, 0.15) is 43.6 Å². The van der Waals surface area contributed by atoms with Crippen LogP contribution in [0.2, 0.25) is 0 Å².